The van der Waals surface area contributed by atoms with Gasteiger partial charge in [-0.1, -0.05) is 6.07 Å². The summed E-state index contributed by atoms with van der Waals surface area (Å²) in [7, 11) is 0. The molecule has 2 amide bonds. The number of anilines is 4. The van der Waals surface area contributed by atoms with Gasteiger partial charge in [0.15, 0.2) is 0 Å². The third-order valence-corrected chi connectivity index (χ3v) is 7.32. The number of carbonyl (C=O) groups is 2. The van der Waals surface area contributed by atoms with Crippen LogP contribution in [0.25, 0.3) is 11.4 Å². The number of nitrogens with one attached hydrogen (secondary N) is 3. The number of rotatable bonds is 5. The van der Waals surface area contributed by atoms with E-state index < -0.39 is 5.91 Å². The van der Waals surface area contributed by atoms with Gasteiger partial charge in [-0.3, -0.25) is 14.6 Å². The molecule has 11 heteroatoms. The number of fused-ring (bicyclic) bond motifs is 2. The standard InChI is InChI=1S/C29H31N9O2/c1-17-4-3-5-24(32-17)35-29(40)21-7-9-23(33-18(21)2)26-25(27(30)39)28-34-22-8-6-20(37-14-11-31-12-15-37)16-19(22)10-13-38(28)36-26/h3-9,16,31,34H,10-15H2,1-2H3,(H2,30,39)(H,32,35,40). The van der Waals surface area contributed by atoms with Crippen molar-refractivity contribution in [1.29, 1.82) is 0 Å². The number of piperazine rings is 1. The molecule has 0 unspecified atom stereocenters. The summed E-state index contributed by atoms with van der Waals surface area (Å²) < 4.78 is 1.78. The lowest BCUT2D eigenvalue weighted by molar-refractivity contribution is 0.0998. The highest BCUT2D eigenvalue weighted by Gasteiger charge is 2.27. The molecule has 1 fully saturated rings. The molecule has 1 saturated heterocycles. The Bertz CT molecular complexity index is 1620. The van der Waals surface area contributed by atoms with Crippen LogP contribution in [0.3, 0.4) is 0 Å². The Morgan fingerprint density at radius 3 is 2.58 bits per heavy atom. The first-order chi connectivity index (χ1) is 19.4. The van der Waals surface area contributed by atoms with Crippen LogP contribution in [0.1, 0.15) is 37.7 Å². The van der Waals surface area contributed by atoms with Gasteiger partial charge in [0.25, 0.3) is 11.8 Å². The number of aryl methyl sites for hydroxylation is 4. The SMILES string of the molecule is Cc1cccc(NC(=O)c2ccc(-c3nn4c(c3C(N)=O)Nc3ccc(N5CCNCC5)cc3CC4)nc2C)n1. The molecule has 1 aromatic carbocycles. The molecule has 40 heavy (non-hydrogen) atoms. The van der Waals surface area contributed by atoms with Gasteiger partial charge in [0, 0.05) is 49.8 Å². The summed E-state index contributed by atoms with van der Waals surface area (Å²) in [6.07, 6.45) is 0.743. The monoisotopic (exact) mass is 537 g/mol. The van der Waals surface area contributed by atoms with Crippen LogP contribution in [0.5, 0.6) is 0 Å². The molecule has 0 aliphatic carbocycles. The van der Waals surface area contributed by atoms with E-state index in [4.69, 9.17) is 10.8 Å². The van der Waals surface area contributed by atoms with Crippen LogP contribution in [-0.2, 0) is 13.0 Å². The molecule has 11 nitrogen and oxygen atoms in total. The van der Waals surface area contributed by atoms with Gasteiger partial charge < -0.3 is 26.6 Å². The zero-order chi connectivity index (χ0) is 27.8. The Kier molecular flexibility index (Phi) is 6.64. The van der Waals surface area contributed by atoms with Gasteiger partial charge >= 0.3 is 0 Å². The van der Waals surface area contributed by atoms with Crippen LogP contribution in [-0.4, -0.2) is 57.7 Å². The maximum atomic E-state index is 12.9. The van der Waals surface area contributed by atoms with Crippen molar-refractivity contribution in [3.8, 4) is 11.4 Å². The van der Waals surface area contributed by atoms with Crippen molar-refractivity contribution in [2.45, 2.75) is 26.8 Å². The summed E-state index contributed by atoms with van der Waals surface area (Å²) in [4.78, 5) is 37.0. The van der Waals surface area contributed by atoms with Crippen LogP contribution in [0.4, 0.5) is 23.0 Å². The fraction of sp³-hybridized carbons (Fsp3) is 0.276. The van der Waals surface area contributed by atoms with Crippen LogP contribution < -0.4 is 26.6 Å². The van der Waals surface area contributed by atoms with Gasteiger partial charge in [-0.25, -0.2) is 9.67 Å². The lowest BCUT2D eigenvalue weighted by Crippen LogP contribution is -2.43. The van der Waals surface area contributed by atoms with E-state index >= 15 is 0 Å². The summed E-state index contributed by atoms with van der Waals surface area (Å²) in [5.74, 6) is 0.0944. The first-order valence-corrected chi connectivity index (χ1v) is 13.4. The molecule has 5 N–H and O–H groups in total. The molecule has 0 saturated carbocycles. The highest BCUT2D eigenvalue weighted by atomic mass is 16.2. The average molecular weight is 538 g/mol. The Hall–Kier alpha value is -4.77. The van der Waals surface area contributed by atoms with Crippen molar-refractivity contribution in [2.75, 3.05) is 41.7 Å². The summed E-state index contributed by atoms with van der Waals surface area (Å²) in [5, 5.41) is 14.4. The third-order valence-electron chi connectivity index (χ3n) is 7.32. The number of pyridine rings is 2. The van der Waals surface area contributed by atoms with Crippen LogP contribution in [0, 0.1) is 13.8 Å². The molecule has 3 aromatic heterocycles. The van der Waals surface area contributed by atoms with E-state index in [2.05, 4.69) is 49.0 Å². The van der Waals surface area contributed by atoms with Crippen molar-refractivity contribution in [1.82, 2.24) is 25.1 Å². The van der Waals surface area contributed by atoms with E-state index in [0.717, 1.165) is 49.5 Å². The summed E-state index contributed by atoms with van der Waals surface area (Å²) in [6, 6.07) is 15.2. The quantitative estimate of drug-likeness (QED) is 0.304. The van der Waals surface area contributed by atoms with Gasteiger partial charge in [0.2, 0.25) is 0 Å². The number of nitrogens with two attached hydrogens (primary N) is 1. The molecule has 0 atom stereocenters. The van der Waals surface area contributed by atoms with Gasteiger partial charge in [0.05, 0.1) is 17.0 Å². The summed E-state index contributed by atoms with van der Waals surface area (Å²) >= 11 is 0. The van der Waals surface area contributed by atoms with E-state index in [9.17, 15) is 9.59 Å². The second-order valence-electron chi connectivity index (χ2n) is 10.1. The molecule has 204 valence electrons. The Labute approximate surface area is 231 Å². The Morgan fingerprint density at radius 2 is 1.82 bits per heavy atom. The highest BCUT2D eigenvalue weighted by molar-refractivity contribution is 6.06. The van der Waals surface area contributed by atoms with Gasteiger partial charge in [-0.05, 0) is 68.3 Å². The molecule has 0 spiro atoms. The summed E-state index contributed by atoms with van der Waals surface area (Å²) in [5.41, 5.74) is 12.0. The number of hydrogen-bond donors (Lipinski definition) is 4. The van der Waals surface area contributed by atoms with E-state index in [-0.39, 0.29) is 11.5 Å². The minimum Gasteiger partial charge on any atom is -0.369 e. The van der Waals surface area contributed by atoms with Crippen molar-refractivity contribution in [2.24, 2.45) is 5.73 Å². The van der Waals surface area contributed by atoms with E-state index in [1.54, 1.807) is 29.8 Å². The maximum Gasteiger partial charge on any atom is 0.258 e. The third kappa shape index (κ3) is 4.87. The maximum absolute atomic E-state index is 12.9. The second-order valence-corrected chi connectivity index (χ2v) is 10.1. The smallest absolute Gasteiger partial charge is 0.258 e. The molecule has 2 aliphatic rings. The number of amides is 2. The van der Waals surface area contributed by atoms with Crippen LogP contribution >= 0.6 is 0 Å². The van der Waals surface area contributed by atoms with Crippen molar-refractivity contribution in [3.05, 3.63) is 76.6 Å². The number of carbonyl (C=O) groups excluding carboxylic acids is 2. The van der Waals surface area contributed by atoms with Crippen molar-refractivity contribution >= 4 is 34.8 Å². The minimum absolute atomic E-state index is 0.270. The Morgan fingerprint density at radius 1 is 1.00 bits per heavy atom. The Balaban J connectivity index is 1.29. The predicted molar refractivity (Wildman–Crippen MR) is 154 cm³/mol. The molecule has 0 bridgehead atoms. The molecular weight excluding hydrogens is 506 g/mol. The lowest BCUT2D eigenvalue weighted by atomic mass is 10.1. The fourth-order valence-corrected chi connectivity index (χ4v) is 5.28. The molecular formula is C29H31N9O2. The van der Waals surface area contributed by atoms with Gasteiger partial charge in [0.1, 0.15) is 22.9 Å². The van der Waals surface area contributed by atoms with Crippen molar-refractivity contribution in [3.63, 3.8) is 0 Å². The van der Waals surface area contributed by atoms with Crippen molar-refractivity contribution < 1.29 is 9.59 Å². The normalized spacial score (nSPS) is 14.5. The molecule has 2 aliphatic heterocycles. The zero-order valence-electron chi connectivity index (χ0n) is 22.5. The zero-order valence-corrected chi connectivity index (χ0v) is 22.5. The predicted octanol–water partition coefficient (Wildman–Crippen LogP) is 3.02. The summed E-state index contributed by atoms with van der Waals surface area (Å²) in [6.45, 7) is 8.06. The van der Waals surface area contributed by atoms with E-state index in [0.29, 0.717) is 40.8 Å². The van der Waals surface area contributed by atoms with Gasteiger partial charge in [-0.15, -0.1) is 0 Å². The number of benzene rings is 1. The van der Waals surface area contributed by atoms with Gasteiger partial charge in [-0.2, -0.15) is 5.10 Å². The molecule has 4 aromatic rings. The largest absolute Gasteiger partial charge is 0.369 e. The van der Waals surface area contributed by atoms with E-state index in [1.807, 2.05) is 19.1 Å². The number of hydrogen-bond acceptors (Lipinski definition) is 8. The molecule has 5 heterocycles. The average Bonchev–Trinajstić information content (AvgIpc) is 3.21. The second kappa shape index (κ2) is 10.4. The molecule has 6 rings (SSSR count). The number of nitrogens with zero attached hydrogens (tertiary/aromatic N) is 5. The lowest BCUT2D eigenvalue weighted by Gasteiger charge is -2.30. The fourth-order valence-electron chi connectivity index (χ4n) is 5.28. The number of primary amides is 1. The first kappa shape index (κ1) is 25.5. The van der Waals surface area contributed by atoms with Crippen LogP contribution in [0.2, 0.25) is 0 Å². The number of aromatic nitrogens is 4. The first-order valence-electron chi connectivity index (χ1n) is 13.4. The highest BCUT2D eigenvalue weighted by Crippen LogP contribution is 2.35. The van der Waals surface area contributed by atoms with E-state index in [1.165, 1.54) is 5.69 Å². The van der Waals surface area contributed by atoms with Crippen LogP contribution in [0.15, 0.2) is 48.5 Å². The topological polar surface area (TPSA) is 143 Å². The molecule has 0 radical (unpaired) electrons. The minimum atomic E-state index is -0.601.